The Labute approximate surface area is 158 Å². The topological polar surface area (TPSA) is 0 Å². The van der Waals surface area contributed by atoms with Gasteiger partial charge in [0.25, 0.3) is 0 Å². The molecule has 27 heavy (non-hydrogen) atoms. The van der Waals surface area contributed by atoms with Gasteiger partial charge in [0.05, 0.1) is 5.56 Å². The second kappa shape index (κ2) is 8.45. The maximum absolute atomic E-state index is 14.9. The number of hydrogen-bond donors (Lipinski definition) is 0. The molecule has 4 heteroatoms. The summed E-state index contributed by atoms with van der Waals surface area (Å²) in [6, 6.07) is 5.77. The number of hydrogen-bond acceptors (Lipinski definition) is 0. The van der Waals surface area contributed by atoms with Crippen LogP contribution in [0.4, 0.5) is 17.6 Å². The lowest BCUT2D eigenvalue weighted by Crippen LogP contribution is -2.29. The van der Waals surface area contributed by atoms with E-state index in [-0.39, 0.29) is 16.5 Å². The van der Waals surface area contributed by atoms with E-state index in [0.717, 1.165) is 69.9 Å². The van der Waals surface area contributed by atoms with Crippen LogP contribution in [0.5, 0.6) is 0 Å². The van der Waals surface area contributed by atoms with Crippen molar-refractivity contribution in [3.8, 4) is 11.1 Å². The molecule has 0 heterocycles. The van der Waals surface area contributed by atoms with Crippen molar-refractivity contribution in [1.29, 1.82) is 0 Å². The summed E-state index contributed by atoms with van der Waals surface area (Å²) in [5, 5.41) is 0. The molecule has 0 aliphatic heterocycles. The van der Waals surface area contributed by atoms with Crippen LogP contribution in [0.3, 0.4) is 0 Å². The maximum Gasteiger partial charge on any atom is 0.159 e. The number of benzene rings is 2. The SMILES string of the molecule is CCCCCC1(c2cc(F)c(-c3ccc(F)c(F)c3)c(F)c2)CCCCC1. The summed E-state index contributed by atoms with van der Waals surface area (Å²) >= 11 is 0. The highest BCUT2D eigenvalue weighted by Crippen LogP contribution is 2.45. The zero-order valence-corrected chi connectivity index (χ0v) is 15.8. The van der Waals surface area contributed by atoms with Crippen molar-refractivity contribution in [1.82, 2.24) is 0 Å². The van der Waals surface area contributed by atoms with E-state index < -0.39 is 23.3 Å². The highest BCUT2D eigenvalue weighted by atomic mass is 19.2. The number of halogens is 4. The molecule has 0 bridgehead atoms. The van der Waals surface area contributed by atoms with Gasteiger partial charge in [0.2, 0.25) is 0 Å². The summed E-state index contributed by atoms with van der Waals surface area (Å²) in [4.78, 5) is 0. The van der Waals surface area contributed by atoms with Crippen molar-refractivity contribution >= 4 is 0 Å². The van der Waals surface area contributed by atoms with E-state index in [2.05, 4.69) is 6.92 Å². The molecule has 0 N–H and O–H groups in total. The minimum absolute atomic E-state index is 0.0131. The van der Waals surface area contributed by atoms with Crippen molar-refractivity contribution < 1.29 is 17.6 Å². The fraction of sp³-hybridized carbons (Fsp3) is 0.478. The fourth-order valence-corrected chi connectivity index (χ4v) is 4.43. The average molecular weight is 378 g/mol. The van der Waals surface area contributed by atoms with Gasteiger partial charge >= 0.3 is 0 Å². The first-order chi connectivity index (χ1) is 13.0. The lowest BCUT2D eigenvalue weighted by atomic mass is 9.66. The smallest absolute Gasteiger partial charge is 0.159 e. The summed E-state index contributed by atoms with van der Waals surface area (Å²) < 4.78 is 56.4. The Morgan fingerprint density at radius 3 is 2.04 bits per heavy atom. The first-order valence-electron chi connectivity index (χ1n) is 9.92. The van der Waals surface area contributed by atoms with Gasteiger partial charge in [0, 0.05) is 0 Å². The normalized spacial score (nSPS) is 16.5. The molecular formula is C23H26F4. The van der Waals surface area contributed by atoms with E-state index in [1.807, 2.05) is 0 Å². The third kappa shape index (κ3) is 4.20. The van der Waals surface area contributed by atoms with Crippen molar-refractivity contribution in [2.75, 3.05) is 0 Å². The Morgan fingerprint density at radius 1 is 0.778 bits per heavy atom. The molecule has 0 aromatic heterocycles. The maximum atomic E-state index is 14.9. The molecule has 1 saturated carbocycles. The Balaban J connectivity index is 1.99. The van der Waals surface area contributed by atoms with Gasteiger partial charge in [0.15, 0.2) is 11.6 Å². The summed E-state index contributed by atoms with van der Waals surface area (Å²) in [5.74, 6) is -3.57. The van der Waals surface area contributed by atoms with Crippen LogP contribution in [-0.4, -0.2) is 0 Å². The van der Waals surface area contributed by atoms with E-state index in [0.29, 0.717) is 5.56 Å². The minimum Gasteiger partial charge on any atom is -0.206 e. The highest BCUT2D eigenvalue weighted by molar-refractivity contribution is 5.65. The van der Waals surface area contributed by atoms with Gasteiger partial charge in [-0.3, -0.25) is 0 Å². The summed E-state index contributed by atoms with van der Waals surface area (Å²) in [5.41, 5.74) is 0.248. The number of rotatable bonds is 6. The molecule has 0 saturated heterocycles. The van der Waals surface area contributed by atoms with Gasteiger partial charge in [-0.25, -0.2) is 17.6 Å². The van der Waals surface area contributed by atoms with Crippen molar-refractivity contribution in [2.24, 2.45) is 0 Å². The van der Waals surface area contributed by atoms with Crippen LogP contribution < -0.4 is 0 Å². The average Bonchev–Trinajstić information content (AvgIpc) is 2.65. The Bertz CT molecular complexity index is 768. The largest absolute Gasteiger partial charge is 0.206 e. The van der Waals surface area contributed by atoms with Gasteiger partial charge in [-0.1, -0.05) is 51.5 Å². The molecule has 0 amide bonds. The molecule has 0 unspecified atom stereocenters. The van der Waals surface area contributed by atoms with Crippen LogP contribution in [0.25, 0.3) is 11.1 Å². The lowest BCUT2D eigenvalue weighted by molar-refractivity contribution is 0.264. The van der Waals surface area contributed by atoms with Crippen LogP contribution in [0.15, 0.2) is 30.3 Å². The van der Waals surface area contributed by atoms with E-state index >= 15 is 0 Å². The number of unbranched alkanes of at least 4 members (excludes halogenated alkanes) is 2. The quantitative estimate of drug-likeness (QED) is 0.357. The van der Waals surface area contributed by atoms with Gasteiger partial charge < -0.3 is 0 Å². The molecule has 146 valence electrons. The van der Waals surface area contributed by atoms with E-state index in [1.165, 1.54) is 18.2 Å². The van der Waals surface area contributed by atoms with Crippen LogP contribution in [-0.2, 0) is 5.41 Å². The predicted octanol–water partition coefficient (Wildman–Crippen LogP) is 7.69. The molecule has 2 aromatic rings. The second-order valence-electron chi connectivity index (χ2n) is 7.74. The van der Waals surface area contributed by atoms with E-state index in [9.17, 15) is 17.6 Å². The first-order valence-corrected chi connectivity index (χ1v) is 9.92. The first kappa shape index (κ1) is 19.9. The standard InChI is InChI=1S/C23H26F4/c1-2-3-5-10-23(11-6-4-7-12-23)17-14-20(26)22(21(27)15-17)16-8-9-18(24)19(25)13-16/h8-9,13-15H,2-7,10-12H2,1H3. The van der Waals surface area contributed by atoms with Gasteiger partial charge in [-0.15, -0.1) is 0 Å². The monoisotopic (exact) mass is 378 g/mol. The molecule has 3 rings (SSSR count). The molecule has 1 fully saturated rings. The van der Waals surface area contributed by atoms with Gasteiger partial charge in [0.1, 0.15) is 11.6 Å². The molecule has 0 spiro atoms. The van der Waals surface area contributed by atoms with Crippen LogP contribution in [0.2, 0.25) is 0 Å². The van der Waals surface area contributed by atoms with Crippen LogP contribution in [0.1, 0.15) is 70.3 Å². The Morgan fingerprint density at radius 2 is 1.44 bits per heavy atom. The van der Waals surface area contributed by atoms with Crippen LogP contribution >= 0.6 is 0 Å². The molecule has 0 nitrogen and oxygen atoms in total. The third-order valence-corrected chi connectivity index (χ3v) is 5.93. The fourth-order valence-electron chi connectivity index (χ4n) is 4.43. The Kier molecular flexibility index (Phi) is 6.23. The minimum atomic E-state index is -1.11. The molecule has 0 atom stereocenters. The zero-order chi connectivity index (χ0) is 19.4. The highest BCUT2D eigenvalue weighted by Gasteiger charge is 2.34. The zero-order valence-electron chi connectivity index (χ0n) is 15.8. The van der Waals surface area contributed by atoms with E-state index in [4.69, 9.17) is 0 Å². The van der Waals surface area contributed by atoms with Crippen LogP contribution in [0, 0.1) is 23.3 Å². The molecule has 0 radical (unpaired) electrons. The summed E-state index contributed by atoms with van der Waals surface area (Å²) in [6.07, 6.45) is 9.39. The molecule has 1 aliphatic rings. The van der Waals surface area contributed by atoms with Crippen molar-refractivity contribution in [3.05, 3.63) is 59.2 Å². The molecule has 2 aromatic carbocycles. The summed E-state index contributed by atoms with van der Waals surface area (Å²) in [7, 11) is 0. The summed E-state index contributed by atoms with van der Waals surface area (Å²) in [6.45, 7) is 2.14. The van der Waals surface area contributed by atoms with Crippen molar-refractivity contribution in [3.63, 3.8) is 0 Å². The predicted molar refractivity (Wildman–Crippen MR) is 101 cm³/mol. The van der Waals surface area contributed by atoms with Gasteiger partial charge in [-0.2, -0.15) is 0 Å². The molecular weight excluding hydrogens is 352 g/mol. The third-order valence-electron chi connectivity index (χ3n) is 5.93. The molecule has 1 aliphatic carbocycles. The Hall–Kier alpha value is -1.84. The second-order valence-corrected chi connectivity index (χ2v) is 7.74. The van der Waals surface area contributed by atoms with Gasteiger partial charge in [-0.05, 0) is 60.1 Å². The lowest BCUT2D eigenvalue weighted by Gasteiger charge is -2.38. The van der Waals surface area contributed by atoms with Crippen molar-refractivity contribution in [2.45, 2.75) is 70.1 Å². The van der Waals surface area contributed by atoms with E-state index in [1.54, 1.807) is 0 Å².